The molecular formula is C27H27N5O4. The number of carbonyl (C=O) groups is 2. The molecule has 1 spiro atoms. The van der Waals surface area contributed by atoms with Crippen LogP contribution in [0.15, 0.2) is 30.5 Å². The first-order valence-corrected chi connectivity index (χ1v) is 12.5. The third-order valence-corrected chi connectivity index (χ3v) is 7.97. The number of fused-ring (bicyclic) bond motifs is 4. The molecule has 3 aliphatic heterocycles. The minimum atomic E-state index is -0.677. The second-order valence-corrected chi connectivity index (χ2v) is 10.5. The number of piperidine rings is 1. The number of nitrogens with one attached hydrogen (secondary N) is 1. The van der Waals surface area contributed by atoms with Crippen LogP contribution in [-0.2, 0) is 22.7 Å². The number of amides is 2. The van der Waals surface area contributed by atoms with Crippen LogP contribution < -0.4 is 15.8 Å². The number of carbonyl (C=O) groups excluding carboxylic acids is 2. The molecule has 184 valence electrons. The van der Waals surface area contributed by atoms with Gasteiger partial charge in [0.15, 0.2) is 5.60 Å². The number of nitrogens with zero attached hydrogens (tertiary/aromatic N) is 3. The second-order valence-electron chi connectivity index (χ2n) is 10.5. The van der Waals surface area contributed by atoms with Crippen LogP contribution in [0.5, 0.6) is 5.75 Å². The Bertz CT molecular complexity index is 1450. The van der Waals surface area contributed by atoms with Crippen LogP contribution >= 0.6 is 0 Å². The van der Waals surface area contributed by atoms with E-state index in [0.717, 1.165) is 47.8 Å². The quantitative estimate of drug-likeness (QED) is 0.568. The largest absolute Gasteiger partial charge is 0.475 e. The number of ether oxygens (including phenoxy) is 2. The summed E-state index contributed by atoms with van der Waals surface area (Å²) in [7, 11) is 0. The van der Waals surface area contributed by atoms with Crippen LogP contribution in [-0.4, -0.2) is 38.8 Å². The number of hydrogen-bond acceptors (Lipinski definition) is 7. The number of benzene rings is 1. The Hall–Kier alpha value is -3.72. The normalized spacial score (nSPS) is 23.7. The van der Waals surface area contributed by atoms with Crippen molar-refractivity contribution in [2.24, 2.45) is 5.92 Å². The number of rotatable bonds is 2. The van der Waals surface area contributed by atoms with Gasteiger partial charge in [0, 0.05) is 30.3 Å². The molecular weight excluding hydrogens is 458 g/mol. The Labute approximate surface area is 208 Å². The van der Waals surface area contributed by atoms with E-state index in [-0.39, 0.29) is 17.9 Å². The van der Waals surface area contributed by atoms with E-state index in [9.17, 15) is 9.59 Å². The molecule has 2 aromatic heterocycles. The van der Waals surface area contributed by atoms with E-state index in [1.807, 2.05) is 29.2 Å². The molecule has 2 amide bonds. The van der Waals surface area contributed by atoms with Crippen LogP contribution in [0, 0.1) is 5.92 Å². The predicted octanol–water partition coefficient (Wildman–Crippen LogP) is 3.72. The van der Waals surface area contributed by atoms with Crippen LogP contribution in [0.1, 0.15) is 65.8 Å². The lowest BCUT2D eigenvalue weighted by Crippen LogP contribution is -2.42. The van der Waals surface area contributed by atoms with Gasteiger partial charge in [-0.25, -0.2) is 9.97 Å². The Morgan fingerprint density at radius 1 is 1.19 bits per heavy atom. The SMILES string of the molecule is C[C@H]1CCC(c2ccc3c(c2)NC(=O)C2(CC2)O3)N(C(=O)c2cc3c4c(c(N)nc3cn2)COC4)C1. The fraction of sp³-hybridized carbons (Fsp3) is 0.407. The lowest BCUT2D eigenvalue weighted by atomic mass is 9.89. The summed E-state index contributed by atoms with van der Waals surface area (Å²) in [6.45, 7) is 3.68. The highest BCUT2D eigenvalue weighted by molar-refractivity contribution is 6.03. The summed E-state index contributed by atoms with van der Waals surface area (Å²) >= 11 is 0. The first-order valence-electron chi connectivity index (χ1n) is 12.5. The molecule has 1 saturated carbocycles. The van der Waals surface area contributed by atoms with Gasteiger partial charge in [-0.2, -0.15) is 0 Å². The summed E-state index contributed by atoms with van der Waals surface area (Å²) in [5, 5.41) is 3.88. The summed E-state index contributed by atoms with van der Waals surface area (Å²) in [6.07, 6.45) is 4.97. The van der Waals surface area contributed by atoms with E-state index in [0.29, 0.717) is 54.1 Å². The van der Waals surface area contributed by atoms with Crippen molar-refractivity contribution in [2.75, 3.05) is 17.6 Å². The van der Waals surface area contributed by atoms with Crippen molar-refractivity contribution >= 4 is 34.2 Å². The van der Waals surface area contributed by atoms with Gasteiger partial charge < -0.3 is 25.4 Å². The lowest BCUT2D eigenvalue weighted by molar-refractivity contribution is -0.125. The molecule has 2 atom stereocenters. The molecule has 9 heteroatoms. The molecule has 7 rings (SSSR count). The maximum absolute atomic E-state index is 13.9. The molecule has 9 nitrogen and oxygen atoms in total. The molecule has 1 saturated heterocycles. The first kappa shape index (κ1) is 21.6. The van der Waals surface area contributed by atoms with Crippen molar-refractivity contribution in [2.45, 2.75) is 57.5 Å². The van der Waals surface area contributed by atoms with Crippen LogP contribution in [0.2, 0.25) is 0 Å². The second kappa shape index (κ2) is 7.64. The Kier molecular flexibility index (Phi) is 4.57. The number of hydrogen-bond donors (Lipinski definition) is 2. The highest BCUT2D eigenvalue weighted by Gasteiger charge is 2.55. The third kappa shape index (κ3) is 3.26. The smallest absolute Gasteiger partial charge is 0.272 e. The molecule has 2 fully saturated rings. The molecule has 1 aliphatic carbocycles. The van der Waals surface area contributed by atoms with E-state index in [1.165, 1.54) is 0 Å². The third-order valence-electron chi connectivity index (χ3n) is 7.97. The molecule has 4 aliphatic rings. The monoisotopic (exact) mass is 485 g/mol. The summed E-state index contributed by atoms with van der Waals surface area (Å²) < 4.78 is 11.6. The minimum absolute atomic E-state index is 0.0801. The fourth-order valence-electron chi connectivity index (χ4n) is 5.74. The van der Waals surface area contributed by atoms with Gasteiger partial charge in [-0.15, -0.1) is 0 Å². The Balaban J connectivity index is 1.23. The lowest BCUT2D eigenvalue weighted by Gasteiger charge is -2.39. The molecule has 0 radical (unpaired) electrons. The van der Waals surface area contributed by atoms with E-state index in [4.69, 9.17) is 15.2 Å². The highest BCUT2D eigenvalue weighted by atomic mass is 16.5. The number of nitrogen functional groups attached to an aromatic ring is 1. The molecule has 3 N–H and O–H groups in total. The standard InChI is InChI=1S/C27H27N5O4/c1-14-2-4-22(15-3-5-23-19(8-15)31-26(34)27(36-23)6-7-27)32(11-14)25(33)20-9-16-17-12-35-13-18(17)24(28)30-21(16)10-29-20/h3,5,8-10,14,22H,2,4,6-7,11-13H2,1H3,(H2,28,30)(H,31,34)/t14-,22?/m0/s1. The number of likely N-dealkylation sites (tertiary alicyclic amines) is 1. The number of nitrogens with two attached hydrogens (primary N) is 1. The summed E-state index contributed by atoms with van der Waals surface area (Å²) in [6, 6.07) is 7.58. The average Bonchev–Trinajstić information content (AvgIpc) is 3.46. The molecule has 36 heavy (non-hydrogen) atoms. The summed E-state index contributed by atoms with van der Waals surface area (Å²) in [5.74, 6) is 1.32. The number of pyridine rings is 2. The van der Waals surface area contributed by atoms with Gasteiger partial charge in [0.05, 0.1) is 36.7 Å². The van der Waals surface area contributed by atoms with Crippen LogP contribution in [0.4, 0.5) is 11.5 Å². The average molecular weight is 486 g/mol. The van der Waals surface area contributed by atoms with Crippen molar-refractivity contribution in [1.29, 1.82) is 0 Å². The zero-order valence-electron chi connectivity index (χ0n) is 20.0. The van der Waals surface area contributed by atoms with Crippen molar-refractivity contribution in [3.8, 4) is 5.75 Å². The minimum Gasteiger partial charge on any atom is -0.475 e. The topological polar surface area (TPSA) is 120 Å². The Morgan fingerprint density at radius 2 is 2.03 bits per heavy atom. The van der Waals surface area contributed by atoms with Crippen molar-refractivity contribution in [1.82, 2.24) is 14.9 Å². The molecule has 0 bridgehead atoms. The van der Waals surface area contributed by atoms with Crippen LogP contribution in [0.3, 0.4) is 0 Å². The zero-order valence-corrected chi connectivity index (χ0v) is 20.0. The van der Waals surface area contributed by atoms with Crippen molar-refractivity contribution < 1.29 is 19.1 Å². The maximum atomic E-state index is 13.9. The van der Waals surface area contributed by atoms with Crippen molar-refractivity contribution in [3.63, 3.8) is 0 Å². The highest BCUT2D eigenvalue weighted by Crippen LogP contribution is 2.48. The van der Waals surface area contributed by atoms with Crippen molar-refractivity contribution in [3.05, 3.63) is 52.8 Å². The van der Waals surface area contributed by atoms with Gasteiger partial charge in [-0.3, -0.25) is 9.59 Å². The van der Waals surface area contributed by atoms with Crippen LogP contribution in [0.25, 0.3) is 10.9 Å². The van der Waals surface area contributed by atoms with Gasteiger partial charge in [-0.05, 0) is 48.1 Å². The predicted molar refractivity (Wildman–Crippen MR) is 132 cm³/mol. The molecule has 5 heterocycles. The summed E-state index contributed by atoms with van der Waals surface area (Å²) in [5.41, 5.74) is 9.99. The number of anilines is 2. The van der Waals surface area contributed by atoms with Gasteiger partial charge in [0.25, 0.3) is 11.8 Å². The van der Waals surface area contributed by atoms with Gasteiger partial charge >= 0.3 is 0 Å². The molecule has 3 aromatic rings. The van der Waals surface area contributed by atoms with E-state index < -0.39 is 5.60 Å². The van der Waals surface area contributed by atoms with Gasteiger partial charge in [-0.1, -0.05) is 13.0 Å². The number of aromatic nitrogens is 2. The first-order chi connectivity index (χ1) is 17.4. The van der Waals surface area contributed by atoms with E-state index in [1.54, 1.807) is 6.20 Å². The van der Waals surface area contributed by atoms with Gasteiger partial charge in [0.1, 0.15) is 17.3 Å². The zero-order chi connectivity index (χ0) is 24.6. The van der Waals surface area contributed by atoms with E-state index in [2.05, 4.69) is 22.2 Å². The van der Waals surface area contributed by atoms with Gasteiger partial charge in [0.2, 0.25) is 0 Å². The Morgan fingerprint density at radius 3 is 2.86 bits per heavy atom. The summed E-state index contributed by atoms with van der Waals surface area (Å²) in [4.78, 5) is 37.2. The molecule has 1 unspecified atom stereocenters. The van der Waals surface area contributed by atoms with E-state index >= 15 is 0 Å². The maximum Gasteiger partial charge on any atom is 0.272 e. The molecule has 1 aromatic carbocycles. The fourth-order valence-corrected chi connectivity index (χ4v) is 5.74.